The Bertz CT molecular complexity index is 2370. The number of carbonyl (C=O) groups is 9. The van der Waals surface area contributed by atoms with Gasteiger partial charge in [0, 0.05) is 60.0 Å². The van der Waals surface area contributed by atoms with Gasteiger partial charge in [0.25, 0.3) is 0 Å². The van der Waals surface area contributed by atoms with Gasteiger partial charge < -0.3 is 82.8 Å². The zero-order valence-corrected chi connectivity index (χ0v) is 43.1. The second kappa shape index (κ2) is 27.5. The minimum atomic E-state index is -2.36. The number of rotatable bonds is 16. The number of benzene rings is 1. The fourth-order valence-corrected chi connectivity index (χ4v) is 11.0. The monoisotopic (exact) mass is 1060 g/mol. The smallest absolute Gasteiger partial charge is 0.248 e. The molecular formula is C48H73N11O14S. The highest BCUT2D eigenvalue weighted by Gasteiger charge is 2.45. The Morgan fingerprint density at radius 3 is 2.16 bits per heavy atom. The molecule has 5 rings (SSSR count). The van der Waals surface area contributed by atoms with Crippen LogP contribution in [0.25, 0.3) is 10.9 Å². The van der Waals surface area contributed by atoms with Gasteiger partial charge in [-0.1, -0.05) is 52.9 Å². The van der Waals surface area contributed by atoms with Gasteiger partial charge in [0.05, 0.1) is 51.0 Å². The third-order valence-electron chi connectivity index (χ3n) is 13.8. The number of aryl methyl sites for hydroxylation is 1. The van der Waals surface area contributed by atoms with Gasteiger partial charge in [0.2, 0.25) is 58.2 Å². The van der Waals surface area contributed by atoms with E-state index in [2.05, 4.69) is 37.2 Å². The van der Waals surface area contributed by atoms with Gasteiger partial charge >= 0.3 is 0 Å². The molecule has 410 valence electrons. The maximum atomic E-state index is 15.5. The molecule has 1 aromatic heterocycles. The second-order valence-electron chi connectivity index (χ2n) is 19.2. The average molecular weight is 1060 g/mol. The van der Waals surface area contributed by atoms with Gasteiger partial charge in [-0.2, -0.15) is 0 Å². The van der Waals surface area contributed by atoms with Crippen molar-refractivity contribution in [3.05, 3.63) is 23.8 Å². The number of aromatic nitrogens is 1. The largest absolute Gasteiger partial charge is 0.610 e. The van der Waals surface area contributed by atoms with Crippen LogP contribution in [0.5, 0.6) is 5.75 Å². The predicted octanol–water partition coefficient (Wildman–Crippen LogP) is -3.84. The number of ether oxygens (including phenoxy) is 1. The van der Waals surface area contributed by atoms with Crippen LogP contribution in [0.3, 0.4) is 0 Å². The van der Waals surface area contributed by atoms with E-state index in [0.717, 1.165) is 37.0 Å². The lowest BCUT2D eigenvalue weighted by Gasteiger charge is -2.33. The third kappa shape index (κ3) is 15.0. The first kappa shape index (κ1) is 58.8. The van der Waals surface area contributed by atoms with Crippen molar-refractivity contribution in [2.45, 2.75) is 145 Å². The van der Waals surface area contributed by atoms with Gasteiger partial charge in [-0.25, -0.2) is 0 Å². The second-order valence-corrected chi connectivity index (χ2v) is 20.6. The summed E-state index contributed by atoms with van der Waals surface area (Å²) in [6.45, 7) is 2.65. The summed E-state index contributed by atoms with van der Waals surface area (Å²) in [6.07, 6.45) is 0.432. The van der Waals surface area contributed by atoms with Gasteiger partial charge in [0.15, 0.2) is 6.04 Å². The molecule has 14 N–H and O–H groups in total. The molecule has 0 radical (unpaired) electrons. The molecule has 25 nitrogen and oxygen atoms in total. The third-order valence-corrected chi connectivity index (χ3v) is 15.4. The molecule has 1 fully saturated rings. The summed E-state index contributed by atoms with van der Waals surface area (Å²) in [5.74, 6) is -11.1. The maximum absolute atomic E-state index is 15.5. The summed E-state index contributed by atoms with van der Waals surface area (Å²) in [4.78, 5) is 128. The molecule has 74 heavy (non-hydrogen) atoms. The van der Waals surface area contributed by atoms with E-state index in [1.165, 1.54) is 14.0 Å². The van der Waals surface area contributed by atoms with E-state index >= 15 is 4.55 Å². The summed E-state index contributed by atoms with van der Waals surface area (Å²) >= 11 is -2.36. The number of hydrogen-bond acceptors (Lipinski definition) is 15. The van der Waals surface area contributed by atoms with E-state index in [1.54, 1.807) is 36.6 Å². The number of amides is 9. The van der Waals surface area contributed by atoms with Crippen molar-refractivity contribution in [3.8, 4) is 5.75 Å². The summed E-state index contributed by atoms with van der Waals surface area (Å²) in [6, 6.07) is -4.94. The van der Waals surface area contributed by atoms with E-state index < -0.39 is 176 Å². The molecule has 0 saturated carbocycles. The van der Waals surface area contributed by atoms with Crippen LogP contribution in [0.1, 0.15) is 84.1 Å². The number of hydrogen-bond donors (Lipinski definition) is 12. The first-order valence-electron chi connectivity index (χ1n) is 25.1. The number of nitrogens with one attached hydrogen (secondary N) is 7. The molecule has 2 bridgehead atoms. The molecule has 3 unspecified atom stereocenters. The van der Waals surface area contributed by atoms with E-state index in [0.29, 0.717) is 36.0 Å². The fraction of sp³-hybridized carbons (Fsp3) is 0.646. The fourth-order valence-electron chi connectivity index (χ4n) is 9.39. The highest BCUT2D eigenvalue weighted by Crippen LogP contribution is 2.35. The van der Waals surface area contributed by atoms with E-state index in [1.807, 2.05) is 0 Å². The Balaban J connectivity index is 1.79. The molecule has 26 heteroatoms. The van der Waals surface area contributed by atoms with Crippen molar-refractivity contribution in [1.29, 1.82) is 0 Å². The number of carbonyl (C=O) groups excluding carboxylic acids is 9. The molecular weight excluding hydrogens is 987 g/mol. The minimum absolute atomic E-state index is 0.0488. The Morgan fingerprint density at radius 2 is 1.51 bits per heavy atom. The van der Waals surface area contributed by atoms with Crippen molar-refractivity contribution in [2.24, 2.45) is 23.3 Å². The number of methoxy groups -OCH3 is 1. The van der Waals surface area contributed by atoms with Crippen LogP contribution in [0.2, 0.25) is 0 Å². The van der Waals surface area contributed by atoms with Crippen LogP contribution in [0.15, 0.2) is 23.2 Å². The summed E-state index contributed by atoms with van der Waals surface area (Å²) in [5.41, 5.74) is 12.0. The van der Waals surface area contributed by atoms with Crippen molar-refractivity contribution in [3.63, 3.8) is 0 Å². The van der Waals surface area contributed by atoms with Crippen molar-refractivity contribution < 1.29 is 67.8 Å². The van der Waals surface area contributed by atoms with Crippen molar-refractivity contribution in [2.75, 3.05) is 45.6 Å². The number of nitrogens with zero attached hydrogens (tertiary/aromatic N) is 2. The number of unbranched alkanes of at least 4 members (excludes halogenated alkanes) is 5. The average Bonchev–Trinajstić information content (AvgIpc) is 3.91. The zero-order valence-electron chi connectivity index (χ0n) is 42.3. The molecule has 0 spiro atoms. The Kier molecular flexibility index (Phi) is 21.8. The van der Waals surface area contributed by atoms with Gasteiger partial charge in [-0.15, -0.1) is 0 Å². The van der Waals surface area contributed by atoms with E-state index in [-0.39, 0.29) is 17.1 Å². The molecule has 2 aromatic rings. The maximum Gasteiger partial charge on any atom is 0.248 e. The summed E-state index contributed by atoms with van der Waals surface area (Å²) in [7, 11) is 1.45. The first-order chi connectivity index (χ1) is 35.2. The number of primary amides is 1. The van der Waals surface area contributed by atoms with Crippen LogP contribution in [0.4, 0.5) is 0 Å². The molecule has 0 aliphatic carbocycles. The Hall–Kier alpha value is -6.06. The number of nitrogens with two attached hydrogens (primary N) is 2. The Labute approximate surface area is 431 Å². The standard InChI is InChI=1S/C48H73N11O14S/c1-5-25(2)40-45(69)52-20-38(64)53-33-24-74(72)48-30(29-13-12-28(73-4)17-34(29)58(48)15-11-9-7-6-8-10-14-49)18-31(42(66)51-21-39(65)56-40)54-46(70)41(26(3)36(62)23-60)57-44(68)35-16-27(61)22-59(35)47(71)32(19-37(50)63)55-43(33)67/h12-13,17,25-27,31-33,35-36,40-41,60-62H,5-11,14-16,18-24,49H2,1-4H3,(H2,50,63)(H,51,66)(H,52,69)(H,53,64)(H,54,70)(H,55,67)(H,56,65)(H,57,68)/t25-,26-,27?,31?,32-,33?,35-,36-,40-,41-,74+/m0/s1. The van der Waals surface area contributed by atoms with E-state index in [9.17, 15) is 58.5 Å². The van der Waals surface area contributed by atoms with Crippen LogP contribution >= 0.6 is 0 Å². The quantitative estimate of drug-likeness (QED) is 0.0566. The minimum Gasteiger partial charge on any atom is -0.610 e. The van der Waals surface area contributed by atoms with Gasteiger partial charge in [-0.05, 0) is 37.4 Å². The molecule has 4 heterocycles. The van der Waals surface area contributed by atoms with Crippen molar-refractivity contribution >= 4 is 75.2 Å². The lowest BCUT2D eigenvalue weighted by Crippen LogP contribution is -2.62. The number of aliphatic hydroxyl groups excluding tert-OH is 3. The molecule has 3 aliphatic rings. The summed E-state index contributed by atoms with van der Waals surface area (Å²) in [5, 5.41) is 50.0. The predicted molar refractivity (Wildman–Crippen MR) is 268 cm³/mol. The number of fused-ring (bicyclic) bond motifs is 5. The highest BCUT2D eigenvalue weighted by molar-refractivity contribution is 7.91. The van der Waals surface area contributed by atoms with Crippen LogP contribution in [-0.4, -0.2) is 177 Å². The van der Waals surface area contributed by atoms with Gasteiger partial charge in [0.1, 0.15) is 41.7 Å². The lowest BCUT2D eigenvalue weighted by molar-refractivity contribution is -0.144. The molecule has 1 aromatic carbocycles. The first-order valence-corrected chi connectivity index (χ1v) is 26.4. The van der Waals surface area contributed by atoms with Crippen molar-refractivity contribution in [1.82, 2.24) is 46.7 Å². The Morgan fingerprint density at radius 1 is 0.851 bits per heavy atom. The van der Waals surface area contributed by atoms with Crippen LogP contribution < -0.4 is 53.4 Å². The van der Waals surface area contributed by atoms with Crippen LogP contribution in [0, 0.1) is 11.8 Å². The lowest BCUT2D eigenvalue weighted by atomic mass is 9.93. The molecule has 3 aliphatic heterocycles. The number of aliphatic hydroxyl groups is 3. The zero-order chi connectivity index (χ0) is 54.4. The van der Waals surface area contributed by atoms with E-state index in [4.69, 9.17) is 16.2 Å². The topological polar surface area (TPSA) is 391 Å². The SMILES string of the molecule is CC[C@H](C)[C@@H]1NC(=O)CNC(=O)C2Cc3c(n(CCCCCCCCN)c4cc(OC)ccc34)[S@+]([O-])CC(NC(=O)CNC1=O)C(=O)N[C@@H](CC(N)=O)C(=O)N1CC(O)C[C@H]1C(=O)N[C@@H]([C@@H](C)[C@@H](O)CO)C(=O)N2. The normalized spacial score (nSPS) is 26.3. The highest BCUT2D eigenvalue weighted by atomic mass is 32.2. The molecule has 11 atom stereocenters. The van der Waals surface area contributed by atoms with Gasteiger partial charge in [-0.3, -0.25) is 43.2 Å². The molecule has 1 saturated heterocycles. The summed E-state index contributed by atoms with van der Waals surface area (Å²) < 4.78 is 22.8. The molecule has 9 amide bonds. The van der Waals surface area contributed by atoms with Crippen LogP contribution in [-0.2, 0) is 67.3 Å².